The first-order valence-electron chi connectivity index (χ1n) is 11.1. The molecule has 0 saturated carbocycles. The number of nitrogens with zero attached hydrogens (tertiary/aromatic N) is 1. The highest BCUT2D eigenvalue weighted by molar-refractivity contribution is 7.89. The summed E-state index contributed by atoms with van der Waals surface area (Å²) in [6.07, 6.45) is 0.515. The van der Waals surface area contributed by atoms with Crippen LogP contribution in [0, 0.1) is 34.6 Å². The van der Waals surface area contributed by atoms with Crippen molar-refractivity contribution >= 4 is 21.6 Å². The van der Waals surface area contributed by atoms with Crippen molar-refractivity contribution in [2.24, 2.45) is 0 Å². The van der Waals surface area contributed by atoms with Gasteiger partial charge in [-0.1, -0.05) is 66.2 Å². The smallest absolute Gasteiger partial charge is 0.244 e. The standard InChI is InChI=1S/C27H32N2O3S/c1-19-16-22(4)27(23(5)17-19)33(31,32)29(15-14-24-12-7-6-8-13-24)18-25(30)28-26-20(2)10-9-11-21(26)3/h6-13,16-17H,14-15,18H2,1-5H3,(H,28,30). The van der Waals surface area contributed by atoms with Gasteiger partial charge in [0.2, 0.25) is 15.9 Å². The molecule has 0 aromatic heterocycles. The summed E-state index contributed by atoms with van der Waals surface area (Å²) in [5.41, 5.74) is 6.00. The monoisotopic (exact) mass is 464 g/mol. The van der Waals surface area contributed by atoms with Gasteiger partial charge in [0.15, 0.2) is 0 Å². The van der Waals surface area contributed by atoms with Crippen molar-refractivity contribution in [2.75, 3.05) is 18.4 Å². The predicted octanol–water partition coefficient (Wildman–Crippen LogP) is 5.10. The zero-order valence-electron chi connectivity index (χ0n) is 20.0. The molecule has 3 rings (SSSR count). The number of hydrogen-bond acceptors (Lipinski definition) is 3. The maximum atomic E-state index is 13.8. The second-order valence-corrected chi connectivity index (χ2v) is 10.5. The molecule has 0 aliphatic rings. The first kappa shape index (κ1) is 24.7. The average molecular weight is 465 g/mol. The van der Waals surface area contributed by atoms with E-state index >= 15 is 0 Å². The molecule has 0 spiro atoms. The second kappa shape index (κ2) is 10.3. The van der Waals surface area contributed by atoms with Gasteiger partial charge >= 0.3 is 0 Å². The molecule has 3 aromatic carbocycles. The van der Waals surface area contributed by atoms with Crippen LogP contribution in [-0.4, -0.2) is 31.7 Å². The zero-order valence-corrected chi connectivity index (χ0v) is 20.8. The van der Waals surface area contributed by atoms with Gasteiger partial charge in [-0.25, -0.2) is 8.42 Å². The molecule has 0 atom stereocenters. The number of rotatable bonds is 8. The van der Waals surface area contributed by atoms with Gasteiger partial charge in [-0.05, 0) is 68.9 Å². The van der Waals surface area contributed by atoms with Crippen molar-refractivity contribution in [1.29, 1.82) is 0 Å². The summed E-state index contributed by atoms with van der Waals surface area (Å²) in [5.74, 6) is -0.355. The topological polar surface area (TPSA) is 66.5 Å². The number of para-hydroxylation sites is 1. The fourth-order valence-electron chi connectivity index (χ4n) is 4.24. The van der Waals surface area contributed by atoms with Crippen molar-refractivity contribution in [1.82, 2.24) is 4.31 Å². The molecule has 174 valence electrons. The lowest BCUT2D eigenvalue weighted by atomic mass is 10.1. The molecule has 0 radical (unpaired) electrons. The summed E-state index contributed by atoms with van der Waals surface area (Å²) in [5, 5.41) is 2.92. The van der Waals surface area contributed by atoms with E-state index in [2.05, 4.69) is 5.32 Å². The number of anilines is 1. The molecular weight excluding hydrogens is 432 g/mol. The minimum Gasteiger partial charge on any atom is -0.324 e. The van der Waals surface area contributed by atoms with Gasteiger partial charge in [0, 0.05) is 12.2 Å². The van der Waals surface area contributed by atoms with Crippen molar-refractivity contribution in [3.05, 3.63) is 94.0 Å². The Hall–Kier alpha value is -2.96. The summed E-state index contributed by atoms with van der Waals surface area (Å²) in [7, 11) is -3.88. The Labute approximate surface area is 197 Å². The second-order valence-electron chi connectivity index (χ2n) is 8.62. The van der Waals surface area contributed by atoms with E-state index in [9.17, 15) is 13.2 Å². The number of nitrogens with one attached hydrogen (secondary N) is 1. The van der Waals surface area contributed by atoms with E-state index in [4.69, 9.17) is 0 Å². The van der Waals surface area contributed by atoms with Gasteiger partial charge in [0.25, 0.3) is 0 Å². The van der Waals surface area contributed by atoms with Crippen LogP contribution in [0.1, 0.15) is 33.4 Å². The maximum Gasteiger partial charge on any atom is 0.244 e. The molecule has 6 heteroatoms. The van der Waals surface area contributed by atoms with Crippen LogP contribution >= 0.6 is 0 Å². The minimum absolute atomic E-state index is 0.208. The van der Waals surface area contributed by atoms with Crippen molar-refractivity contribution in [3.63, 3.8) is 0 Å². The van der Waals surface area contributed by atoms with Crippen LogP contribution < -0.4 is 5.32 Å². The summed E-state index contributed by atoms with van der Waals surface area (Å²) >= 11 is 0. The Bertz CT molecular complexity index is 1210. The van der Waals surface area contributed by atoms with Gasteiger partial charge in [0.05, 0.1) is 11.4 Å². The van der Waals surface area contributed by atoms with Gasteiger partial charge in [0.1, 0.15) is 0 Å². The van der Waals surface area contributed by atoms with Crippen molar-refractivity contribution < 1.29 is 13.2 Å². The molecule has 1 N–H and O–H groups in total. The Balaban J connectivity index is 1.93. The Morgan fingerprint density at radius 3 is 1.97 bits per heavy atom. The van der Waals surface area contributed by atoms with Gasteiger partial charge in [-0.15, -0.1) is 0 Å². The predicted molar refractivity (Wildman–Crippen MR) is 134 cm³/mol. The van der Waals surface area contributed by atoms with E-state index in [-0.39, 0.29) is 23.9 Å². The van der Waals surface area contributed by atoms with E-state index in [1.165, 1.54) is 4.31 Å². The number of hydrogen-bond donors (Lipinski definition) is 1. The Kier molecular flexibility index (Phi) is 7.72. The SMILES string of the molecule is Cc1cc(C)c(S(=O)(=O)N(CCc2ccccc2)CC(=O)Nc2c(C)cccc2C)c(C)c1. The molecule has 0 aliphatic carbocycles. The normalized spacial score (nSPS) is 11.6. The van der Waals surface area contributed by atoms with Crippen molar-refractivity contribution in [2.45, 2.75) is 45.9 Å². The highest BCUT2D eigenvalue weighted by atomic mass is 32.2. The van der Waals surface area contributed by atoms with Crippen LogP contribution in [0.2, 0.25) is 0 Å². The molecule has 0 saturated heterocycles. The van der Waals surface area contributed by atoms with E-state index in [1.807, 2.05) is 81.4 Å². The summed E-state index contributed by atoms with van der Waals surface area (Å²) in [6.45, 7) is 9.35. The largest absolute Gasteiger partial charge is 0.324 e. The van der Waals surface area contributed by atoms with Crippen LogP contribution in [0.15, 0.2) is 65.6 Å². The van der Waals surface area contributed by atoms with Crippen LogP contribution in [0.5, 0.6) is 0 Å². The quantitative estimate of drug-likeness (QED) is 0.504. The minimum atomic E-state index is -3.88. The molecule has 3 aromatic rings. The molecular formula is C27H32N2O3S. The lowest BCUT2D eigenvalue weighted by Gasteiger charge is -2.24. The molecule has 0 aliphatic heterocycles. The summed E-state index contributed by atoms with van der Waals surface area (Å²) in [6, 6.07) is 19.2. The first-order valence-corrected chi connectivity index (χ1v) is 12.5. The highest BCUT2D eigenvalue weighted by Gasteiger charge is 2.29. The molecule has 33 heavy (non-hydrogen) atoms. The van der Waals surface area contributed by atoms with E-state index < -0.39 is 10.0 Å². The number of aryl methyl sites for hydroxylation is 5. The summed E-state index contributed by atoms with van der Waals surface area (Å²) in [4.78, 5) is 13.3. The lowest BCUT2D eigenvalue weighted by molar-refractivity contribution is -0.116. The summed E-state index contributed by atoms with van der Waals surface area (Å²) < 4.78 is 28.8. The van der Waals surface area contributed by atoms with E-state index in [1.54, 1.807) is 13.8 Å². The number of benzene rings is 3. The van der Waals surface area contributed by atoms with Crippen molar-refractivity contribution in [3.8, 4) is 0 Å². The third-order valence-electron chi connectivity index (χ3n) is 5.76. The van der Waals surface area contributed by atoms with Gasteiger partial charge < -0.3 is 5.32 Å². The molecule has 0 bridgehead atoms. The molecule has 1 amide bonds. The first-order chi connectivity index (χ1) is 15.6. The van der Waals surface area contributed by atoms with Crippen LogP contribution in [0.4, 0.5) is 5.69 Å². The zero-order chi connectivity index (χ0) is 24.2. The molecule has 0 fully saturated rings. The van der Waals surface area contributed by atoms with Crippen LogP contribution in [0.25, 0.3) is 0 Å². The average Bonchev–Trinajstić information content (AvgIpc) is 2.73. The number of carbonyl (C=O) groups is 1. The number of carbonyl (C=O) groups excluding carboxylic acids is 1. The Morgan fingerprint density at radius 2 is 1.39 bits per heavy atom. The fourth-order valence-corrected chi connectivity index (χ4v) is 6.04. The van der Waals surface area contributed by atoms with Gasteiger partial charge in [-0.2, -0.15) is 4.31 Å². The van der Waals surface area contributed by atoms with Gasteiger partial charge in [-0.3, -0.25) is 4.79 Å². The third-order valence-corrected chi connectivity index (χ3v) is 7.91. The van der Waals surface area contributed by atoms with E-state index in [0.717, 1.165) is 27.9 Å². The molecule has 5 nitrogen and oxygen atoms in total. The highest BCUT2D eigenvalue weighted by Crippen LogP contribution is 2.26. The molecule has 0 heterocycles. The Morgan fingerprint density at radius 1 is 0.818 bits per heavy atom. The van der Waals surface area contributed by atoms with Crippen LogP contribution in [-0.2, 0) is 21.2 Å². The van der Waals surface area contributed by atoms with E-state index in [0.29, 0.717) is 17.5 Å². The number of sulfonamides is 1. The van der Waals surface area contributed by atoms with Crippen LogP contribution in [0.3, 0.4) is 0 Å². The lowest BCUT2D eigenvalue weighted by Crippen LogP contribution is -2.40. The molecule has 0 unspecified atom stereocenters. The third kappa shape index (κ3) is 5.89. The fraction of sp³-hybridized carbons (Fsp3) is 0.296. The number of amides is 1. The maximum absolute atomic E-state index is 13.8.